The van der Waals surface area contributed by atoms with Crippen LogP contribution in [0.4, 0.5) is 13.2 Å². The van der Waals surface area contributed by atoms with E-state index in [1.807, 2.05) is 0 Å². The average molecular weight is 276 g/mol. The Labute approximate surface area is 103 Å². The number of methoxy groups -OCH3 is 1. The molecule has 2 aromatic heterocycles. The van der Waals surface area contributed by atoms with Gasteiger partial charge in [0.15, 0.2) is 12.3 Å². The summed E-state index contributed by atoms with van der Waals surface area (Å²) >= 11 is 0. The fourth-order valence-corrected chi connectivity index (χ4v) is 1.22. The number of carbonyl (C=O) groups excluding carboxylic acids is 1. The highest BCUT2D eigenvalue weighted by molar-refractivity contribution is 5.70. The van der Waals surface area contributed by atoms with E-state index in [9.17, 15) is 18.0 Å². The van der Waals surface area contributed by atoms with Crippen LogP contribution in [0.3, 0.4) is 0 Å². The van der Waals surface area contributed by atoms with Gasteiger partial charge in [0.25, 0.3) is 5.82 Å². The van der Waals surface area contributed by atoms with Crippen LogP contribution in [0.2, 0.25) is 0 Å². The molecule has 0 atom stereocenters. The summed E-state index contributed by atoms with van der Waals surface area (Å²) in [7, 11) is 1.16. The molecule has 0 spiro atoms. The van der Waals surface area contributed by atoms with Gasteiger partial charge in [0.05, 0.1) is 7.11 Å². The van der Waals surface area contributed by atoms with Crippen molar-refractivity contribution in [1.29, 1.82) is 0 Å². The Hall–Kier alpha value is -2.39. The van der Waals surface area contributed by atoms with Gasteiger partial charge in [-0.1, -0.05) is 0 Å². The molecule has 0 aliphatic carbocycles. The minimum Gasteiger partial charge on any atom is -0.466 e. The van der Waals surface area contributed by atoms with Gasteiger partial charge < -0.3 is 9.47 Å². The topological polar surface area (TPSA) is 78.6 Å². The molecule has 2 aromatic rings. The van der Waals surface area contributed by atoms with Gasteiger partial charge in [0.1, 0.15) is 0 Å². The van der Waals surface area contributed by atoms with E-state index in [1.54, 1.807) is 0 Å². The van der Waals surface area contributed by atoms with Crippen LogP contribution in [0.1, 0.15) is 5.82 Å². The molecule has 0 aromatic carbocycles. The first kappa shape index (κ1) is 13.1. The maximum atomic E-state index is 12.6. The Bertz CT molecular complexity index is 610. The van der Waals surface area contributed by atoms with Gasteiger partial charge in [-0.3, -0.25) is 0 Å². The van der Waals surface area contributed by atoms with E-state index in [0.29, 0.717) is 4.52 Å². The van der Waals surface area contributed by atoms with Crippen molar-refractivity contribution in [3.8, 4) is 5.88 Å². The smallest absolute Gasteiger partial charge is 0.453 e. The van der Waals surface area contributed by atoms with Gasteiger partial charge in [-0.25, -0.2) is 4.79 Å². The molecule has 0 unspecified atom stereocenters. The number of carbonyl (C=O) groups is 1. The van der Waals surface area contributed by atoms with E-state index >= 15 is 0 Å². The van der Waals surface area contributed by atoms with Crippen molar-refractivity contribution < 1.29 is 27.4 Å². The summed E-state index contributed by atoms with van der Waals surface area (Å²) in [5.74, 6) is -2.13. The van der Waals surface area contributed by atoms with E-state index in [1.165, 1.54) is 12.1 Å². The van der Waals surface area contributed by atoms with E-state index in [0.717, 1.165) is 7.11 Å². The molecule has 2 heterocycles. The van der Waals surface area contributed by atoms with E-state index in [-0.39, 0.29) is 11.5 Å². The monoisotopic (exact) mass is 276 g/mol. The molecule has 0 N–H and O–H groups in total. The lowest BCUT2D eigenvalue weighted by Crippen LogP contribution is -2.15. The number of hydrogen-bond acceptors (Lipinski definition) is 6. The molecule has 0 saturated heterocycles. The number of hydrogen-bond donors (Lipinski definition) is 0. The fraction of sp³-hybridized carbons (Fsp3) is 0.333. The zero-order valence-electron chi connectivity index (χ0n) is 9.51. The Morgan fingerprint density at radius 3 is 2.74 bits per heavy atom. The Morgan fingerprint density at radius 2 is 2.11 bits per heavy atom. The summed E-state index contributed by atoms with van der Waals surface area (Å²) in [4.78, 5) is 10.8. The number of alkyl halides is 3. The first-order valence-corrected chi connectivity index (χ1v) is 4.91. The van der Waals surface area contributed by atoms with E-state index < -0.39 is 24.6 Å². The molecule has 0 saturated carbocycles. The van der Waals surface area contributed by atoms with Crippen molar-refractivity contribution in [2.45, 2.75) is 6.18 Å². The third-order valence-corrected chi connectivity index (χ3v) is 2.06. The van der Waals surface area contributed by atoms with Gasteiger partial charge in [0, 0.05) is 6.07 Å². The van der Waals surface area contributed by atoms with Crippen molar-refractivity contribution >= 4 is 11.6 Å². The molecular weight excluding hydrogens is 269 g/mol. The maximum absolute atomic E-state index is 12.6. The quantitative estimate of drug-likeness (QED) is 0.768. The lowest BCUT2D eigenvalue weighted by atomic mass is 10.5. The van der Waals surface area contributed by atoms with Gasteiger partial charge >= 0.3 is 12.1 Å². The second kappa shape index (κ2) is 4.71. The zero-order chi connectivity index (χ0) is 14.0. The Kier molecular flexibility index (Phi) is 3.23. The van der Waals surface area contributed by atoms with Crippen molar-refractivity contribution in [3.63, 3.8) is 0 Å². The summed E-state index contributed by atoms with van der Waals surface area (Å²) in [6.07, 6.45) is -4.69. The molecular formula is C9H7F3N4O3. The summed E-state index contributed by atoms with van der Waals surface area (Å²) in [5, 5.41) is 9.87. The van der Waals surface area contributed by atoms with Crippen molar-refractivity contribution in [3.05, 3.63) is 18.0 Å². The minimum atomic E-state index is -4.69. The molecule has 0 aliphatic rings. The molecule has 0 bridgehead atoms. The lowest BCUT2D eigenvalue weighted by molar-refractivity contribution is -0.146. The number of rotatable bonds is 3. The average Bonchev–Trinajstić information content (AvgIpc) is 2.78. The molecule has 0 aliphatic heterocycles. The number of halogens is 3. The second-order valence-electron chi connectivity index (χ2n) is 3.33. The van der Waals surface area contributed by atoms with Crippen LogP contribution in [0.25, 0.3) is 5.65 Å². The largest absolute Gasteiger partial charge is 0.466 e. The van der Waals surface area contributed by atoms with Gasteiger partial charge in [-0.15, -0.1) is 15.3 Å². The third-order valence-electron chi connectivity index (χ3n) is 2.06. The molecule has 102 valence electrons. The third kappa shape index (κ3) is 2.72. The molecule has 10 heteroatoms. The minimum absolute atomic E-state index is 0.0854. The molecule has 7 nitrogen and oxygen atoms in total. The molecule has 0 amide bonds. The summed E-state index contributed by atoms with van der Waals surface area (Å²) in [6.45, 7) is -0.460. The van der Waals surface area contributed by atoms with Crippen molar-refractivity contribution in [2.75, 3.05) is 13.7 Å². The van der Waals surface area contributed by atoms with Gasteiger partial charge in [0.2, 0.25) is 5.88 Å². The van der Waals surface area contributed by atoms with Crippen LogP contribution in [0.5, 0.6) is 5.88 Å². The van der Waals surface area contributed by atoms with Crippen molar-refractivity contribution in [2.24, 2.45) is 0 Å². The van der Waals surface area contributed by atoms with E-state index in [2.05, 4.69) is 20.0 Å². The maximum Gasteiger partial charge on any atom is 0.453 e. The highest BCUT2D eigenvalue weighted by Gasteiger charge is 2.37. The normalized spacial score (nSPS) is 11.6. The second-order valence-corrected chi connectivity index (χ2v) is 3.33. The van der Waals surface area contributed by atoms with Crippen LogP contribution < -0.4 is 4.74 Å². The predicted molar refractivity (Wildman–Crippen MR) is 53.3 cm³/mol. The highest BCUT2D eigenvalue weighted by atomic mass is 19.4. The molecule has 2 rings (SSSR count). The first-order chi connectivity index (χ1) is 8.91. The Balaban J connectivity index is 2.31. The number of nitrogens with zero attached hydrogens (tertiary/aromatic N) is 4. The fourth-order valence-electron chi connectivity index (χ4n) is 1.22. The van der Waals surface area contributed by atoms with Crippen LogP contribution >= 0.6 is 0 Å². The van der Waals surface area contributed by atoms with Crippen LogP contribution in [0, 0.1) is 0 Å². The van der Waals surface area contributed by atoms with Crippen LogP contribution in [0.15, 0.2) is 12.1 Å². The summed E-state index contributed by atoms with van der Waals surface area (Å²) < 4.78 is 47.4. The first-order valence-electron chi connectivity index (χ1n) is 4.91. The highest BCUT2D eigenvalue weighted by Crippen LogP contribution is 2.27. The van der Waals surface area contributed by atoms with E-state index in [4.69, 9.17) is 4.74 Å². The van der Waals surface area contributed by atoms with Crippen molar-refractivity contribution in [1.82, 2.24) is 19.8 Å². The Morgan fingerprint density at radius 1 is 1.37 bits per heavy atom. The van der Waals surface area contributed by atoms with Gasteiger partial charge in [-0.2, -0.15) is 17.7 Å². The van der Waals surface area contributed by atoms with Crippen LogP contribution in [-0.4, -0.2) is 39.5 Å². The number of esters is 1. The zero-order valence-corrected chi connectivity index (χ0v) is 9.51. The van der Waals surface area contributed by atoms with Gasteiger partial charge in [-0.05, 0) is 6.07 Å². The summed E-state index contributed by atoms with van der Waals surface area (Å²) in [5.41, 5.74) is -0.0854. The number of aromatic nitrogens is 4. The molecule has 19 heavy (non-hydrogen) atoms. The number of fused-ring (bicyclic) bond motifs is 1. The van der Waals surface area contributed by atoms with Crippen LogP contribution in [-0.2, 0) is 15.7 Å². The number of ether oxygens (including phenoxy) is 2. The molecule has 0 radical (unpaired) electrons. The molecule has 0 fully saturated rings. The summed E-state index contributed by atoms with van der Waals surface area (Å²) in [6, 6.07) is 2.51. The lowest BCUT2D eigenvalue weighted by Gasteiger charge is -2.05. The standard InChI is InChI=1S/C9H7F3N4O3/c1-18-7(17)4-19-6-3-2-5-13-14-8(9(10,11)12)16(5)15-6/h2-3H,4H2,1H3. The predicted octanol–water partition coefficient (Wildman–Crippen LogP) is 0.695. The SMILES string of the molecule is COC(=O)COc1ccc2nnc(C(F)(F)F)n2n1.